The van der Waals surface area contributed by atoms with Crippen molar-refractivity contribution < 1.29 is 0 Å². The second-order valence-electron chi connectivity index (χ2n) is 4.12. The fourth-order valence-electron chi connectivity index (χ4n) is 1.66. The molecule has 0 fully saturated rings. The second-order valence-corrected chi connectivity index (χ2v) is 4.12. The van der Waals surface area contributed by atoms with Gasteiger partial charge in [0.2, 0.25) is 0 Å². The van der Waals surface area contributed by atoms with Gasteiger partial charge in [0.15, 0.2) is 0 Å². The topological polar surface area (TPSA) is 23.8 Å². The molecule has 0 heterocycles. The molecule has 0 amide bonds. The third kappa shape index (κ3) is 1.80. The van der Waals surface area contributed by atoms with Crippen molar-refractivity contribution in [1.29, 1.82) is 5.26 Å². The van der Waals surface area contributed by atoms with Gasteiger partial charge in [-0.2, -0.15) is 5.26 Å². The lowest BCUT2D eigenvalue weighted by Gasteiger charge is -2.22. The number of benzene rings is 1. The molecule has 0 bridgehead atoms. The number of hydrogen-bond donors (Lipinski definition) is 0. The Morgan fingerprint density at radius 3 is 2.50 bits per heavy atom. The van der Waals surface area contributed by atoms with E-state index in [-0.39, 0.29) is 5.41 Å². The van der Waals surface area contributed by atoms with E-state index in [1.807, 2.05) is 6.92 Å². The standard InChI is InChI=1S/C13H17N/c1-5-13(4,9-14)12-8-10(2)6-7-11(12)3/h6-8H,5H2,1-4H3. The van der Waals surface area contributed by atoms with E-state index in [0.29, 0.717) is 0 Å². The van der Waals surface area contributed by atoms with Crippen LogP contribution < -0.4 is 0 Å². The third-order valence-electron chi connectivity index (χ3n) is 2.94. The minimum Gasteiger partial charge on any atom is -0.197 e. The second kappa shape index (κ2) is 3.84. The summed E-state index contributed by atoms with van der Waals surface area (Å²) in [6, 6.07) is 8.72. The Bertz CT molecular complexity index is 373. The van der Waals surface area contributed by atoms with Crippen LogP contribution in [0.5, 0.6) is 0 Å². The third-order valence-corrected chi connectivity index (χ3v) is 2.94. The Labute approximate surface area is 86.4 Å². The van der Waals surface area contributed by atoms with Crippen LogP contribution in [0.2, 0.25) is 0 Å². The highest BCUT2D eigenvalue weighted by molar-refractivity contribution is 5.40. The number of nitriles is 1. The first kappa shape index (κ1) is 10.8. The largest absolute Gasteiger partial charge is 0.197 e. The average Bonchev–Trinajstić information content (AvgIpc) is 2.20. The predicted molar refractivity (Wildman–Crippen MR) is 59.2 cm³/mol. The Morgan fingerprint density at radius 2 is 2.00 bits per heavy atom. The van der Waals surface area contributed by atoms with Crippen LogP contribution in [0.1, 0.15) is 37.0 Å². The summed E-state index contributed by atoms with van der Waals surface area (Å²) in [7, 11) is 0. The molecule has 1 nitrogen and oxygen atoms in total. The molecule has 0 aliphatic rings. The molecule has 0 N–H and O–H groups in total. The smallest absolute Gasteiger partial charge is 0.0794 e. The van der Waals surface area contributed by atoms with Crippen LogP contribution in [-0.4, -0.2) is 0 Å². The van der Waals surface area contributed by atoms with E-state index in [0.717, 1.165) is 6.42 Å². The average molecular weight is 187 g/mol. The summed E-state index contributed by atoms with van der Waals surface area (Å²) in [6.45, 7) is 8.20. The van der Waals surface area contributed by atoms with Gasteiger partial charge in [-0.15, -0.1) is 0 Å². The van der Waals surface area contributed by atoms with Gasteiger partial charge in [0, 0.05) is 0 Å². The van der Waals surface area contributed by atoms with Crippen molar-refractivity contribution in [3.63, 3.8) is 0 Å². The molecule has 74 valence electrons. The highest BCUT2D eigenvalue weighted by Crippen LogP contribution is 2.29. The first-order valence-corrected chi connectivity index (χ1v) is 5.02. The maximum absolute atomic E-state index is 9.20. The monoisotopic (exact) mass is 187 g/mol. The molecular weight excluding hydrogens is 170 g/mol. The molecule has 0 aliphatic carbocycles. The van der Waals surface area contributed by atoms with Gasteiger partial charge in [-0.3, -0.25) is 0 Å². The molecule has 1 heteroatoms. The summed E-state index contributed by atoms with van der Waals surface area (Å²) < 4.78 is 0. The maximum atomic E-state index is 9.20. The summed E-state index contributed by atoms with van der Waals surface area (Å²) in [6.07, 6.45) is 0.855. The van der Waals surface area contributed by atoms with Crippen LogP contribution in [0.25, 0.3) is 0 Å². The van der Waals surface area contributed by atoms with Crippen molar-refractivity contribution in [2.45, 2.75) is 39.5 Å². The van der Waals surface area contributed by atoms with E-state index < -0.39 is 0 Å². The lowest BCUT2D eigenvalue weighted by Crippen LogP contribution is -2.19. The zero-order valence-electron chi connectivity index (χ0n) is 9.39. The van der Waals surface area contributed by atoms with Crippen LogP contribution in [0.4, 0.5) is 0 Å². The Hall–Kier alpha value is -1.29. The van der Waals surface area contributed by atoms with Crippen LogP contribution >= 0.6 is 0 Å². The van der Waals surface area contributed by atoms with Crippen molar-refractivity contribution >= 4 is 0 Å². The Balaban J connectivity index is 3.31. The quantitative estimate of drug-likeness (QED) is 0.695. The lowest BCUT2D eigenvalue weighted by molar-refractivity contribution is 0.583. The summed E-state index contributed by atoms with van der Waals surface area (Å²) in [5.41, 5.74) is 3.26. The van der Waals surface area contributed by atoms with Gasteiger partial charge in [0.25, 0.3) is 0 Å². The number of aryl methyl sites for hydroxylation is 2. The molecule has 14 heavy (non-hydrogen) atoms. The molecule has 0 saturated carbocycles. The zero-order valence-corrected chi connectivity index (χ0v) is 9.39. The highest BCUT2D eigenvalue weighted by atomic mass is 14.4. The van der Waals surface area contributed by atoms with Crippen molar-refractivity contribution in [2.75, 3.05) is 0 Å². The van der Waals surface area contributed by atoms with E-state index in [2.05, 4.69) is 45.0 Å². The molecule has 0 saturated heterocycles. The Morgan fingerprint density at radius 1 is 1.36 bits per heavy atom. The summed E-state index contributed by atoms with van der Waals surface area (Å²) in [5, 5.41) is 9.20. The molecule has 0 aromatic heterocycles. The molecule has 1 rings (SSSR count). The van der Waals surface area contributed by atoms with Crippen molar-refractivity contribution in [3.8, 4) is 6.07 Å². The Kier molecular flexibility index (Phi) is 2.96. The van der Waals surface area contributed by atoms with Gasteiger partial charge in [-0.05, 0) is 38.3 Å². The minimum atomic E-state index is -0.337. The predicted octanol–water partition coefficient (Wildman–Crippen LogP) is 3.49. The molecular formula is C13H17N. The summed E-state index contributed by atoms with van der Waals surface area (Å²) in [5.74, 6) is 0. The van der Waals surface area contributed by atoms with Crippen molar-refractivity contribution in [2.24, 2.45) is 0 Å². The van der Waals surface area contributed by atoms with Gasteiger partial charge in [-0.25, -0.2) is 0 Å². The van der Waals surface area contributed by atoms with E-state index >= 15 is 0 Å². The zero-order chi connectivity index (χ0) is 10.8. The molecule has 0 spiro atoms. The van der Waals surface area contributed by atoms with Gasteiger partial charge >= 0.3 is 0 Å². The van der Waals surface area contributed by atoms with Gasteiger partial charge in [0.05, 0.1) is 11.5 Å². The van der Waals surface area contributed by atoms with E-state index in [1.165, 1.54) is 16.7 Å². The van der Waals surface area contributed by atoms with E-state index in [9.17, 15) is 5.26 Å². The first-order chi connectivity index (χ1) is 6.53. The summed E-state index contributed by atoms with van der Waals surface area (Å²) in [4.78, 5) is 0. The molecule has 1 atom stereocenters. The maximum Gasteiger partial charge on any atom is 0.0794 e. The van der Waals surface area contributed by atoms with Crippen molar-refractivity contribution in [1.82, 2.24) is 0 Å². The number of nitrogens with zero attached hydrogens (tertiary/aromatic N) is 1. The van der Waals surface area contributed by atoms with Gasteiger partial charge < -0.3 is 0 Å². The fraction of sp³-hybridized carbons (Fsp3) is 0.462. The van der Waals surface area contributed by atoms with Gasteiger partial charge in [0.1, 0.15) is 0 Å². The van der Waals surface area contributed by atoms with Gasteiger partial charge in [-0.1, -0.05) is 30.7 Å². The molecule has 1 unspecified atom stereocenters. The van der Waals surface area contributed by atoms with Crippen LogP contribution in [-0.2, 0) is 5.41 Å². The van der Waals surface area contributed by atoms with E-state index in [4.69, 9.17) is 0 Å². The van der Waals surface area contributed by atoms with Crippen LogP contribution in [0.3, 0.4) is 0 Å². The molecule has 1 aromatic carbocycles. The fourth-order valence-corrected chi connectivity index (χ4v) is 1.66. The van der Waals surface area contributed by atoms with E-state index in [1.54, 1.807) is 0 Å². The highest BCUT2D eigenvalue weighted by Gasteiger charge is 2.25. The van der Waals surface area contributed by atoms with Crippen LogP contribution in [0.15, 0.2) is 18.2 Å². The number of hydrogen-bond acceptors (Lipinski definition) is 1. The SMILES string of the molecule is CCC(C)(C#N)c1cc(C)ccc1C. The number of rotatable bonds is 2. The molecule has 0 radical (unpaired) electrons. The lowest BCUT2D eigenvalue weighted by atomic mass is 9.79. The normalized spacial score (nSPS) is 14.5. The summed E-state index contributed by atoms with van der Waals surface area (Å²) >= 11 is 0. The molecule has 0 aliphatic heterocycles. The minimum absolute atomic E-state index is 0.337. The van der Waals surface area contributed by atoms with Crippen molar-refractivity contribution in [3.05, 3.63) is 34.9 Å². The first-order valence-electron chi connectivity index (χ1n) is 5.02. The molecule has 1 aromatic rings. The van der Waals surface area contributed by atoms with Crippen LogP contribution in [0, 0.1) is 25.2 Å².